The Hall–Kier alpha value is -2.57. The van der Waals surface area contributed by atoms with E-state index < -0.39 is 5.54 Å². The Kier molecular flexibility index (Phi) is 5.23. The van der Waals surface area contributed by atoms with Crippen LogP contribution >= 0.6 is 11.6 Å². The van der Waals surface area contributed by atoms with Gasteiger partial charge in [0.2, 0.25) is 5.91 Å². The number of halogens is 1. The molecule has 2 amide bonds. The summed E-state index contributed by atoms with van der Waals surface area (Å²) < 4.78 is 0. The molecule has 1 saturated heterocycles. The van der Waals surface area contributed by atoms with Gasteiger partial charge in [-0.25, -0.2) is 0 Å². The fourth-order valence-electron chi connectivity index (χ4n) is 4.12. The standard InChI is InChI=1S/C22H25ClN4O2/c1-22(2)21(29)24-18-8-3-4-9-19(18)27(22)20(28)15-25-10-12-26(13-11-25)17-7-5-6-16(23)14-17/h3-9,14H,10-13,15H2,1-2H3,(H,24,29)/p+1. The third kappa shape index (κ3) is 3.82. The van der Waals surface area contributed by atoms with Crippen molar-refractivity contribution in [2.24, 2.45) is 0 Å². The van der Waals surface area contributed by atoms with Crippen LogP contribution in [-0.4, -0.2) is 50.1 Å². The van der Waals surface area contributed by atoms with Crippen LogP contribution < -0.4 is 20.0 Å². The monoisotopic (exact) mass is 413 g/mol. The van der Waals surface area contributed by atoms with Crippen molar-refractivity contribution in [2.45, 2.75) is 19.4 Å². The lowest BCUT2D eigenvalue weighted by atomic mass is 9.96. The molecule has 2 heterocycles. The second-order valence-electron chi connectivity index (χ2n) is 8.15. The first kappa shape index (κ1) is 19.7. The van der Waals surface area contributed by atoms with Crippen LogP contribution in [0, 0.1) is 0 Å². The molecule has 7 heteroatoms. The van der Waals surface area contributed by atoms with Crippen LogP contribution in [0.25, 0.3) is 0 Å². The number of rotatable bonds is 3. The predicted octanol–water partition coefficient (Wildman–Crippen LogP) is 1.81. The van der Waals surface area contributed by atoms with E-state index in [2.05, 4.69) is 16.3 Å². The third-order valence-corrected chi connectivity index (χ3v) is 6.04. The van der Waals surface area contributed by atoms with Crippen molar-refractivity contribution >= 4 is 40.5 Å². The number of amides is 2. The number of benzene rings is 2. The van der Waals surface area contributed by atoms with E-state index in [1.165, 1.54) is 4.90 Å². The Bertz CT molecular complexity index is 938. The fourth-order valence-corrected chi connectivity index (χ4v) is 4.31. The van der Waals surface area contributed by atoms with Crippen LogP contribution in [-0.2, 0) is 9.59 Å². The van der Waals surface area contributed by atoms with Crippen molar-refractivity contribution in [2.75, 3.05) is 47.8 Å². The predicted molar refractivity (Wildman–Crippen MR) is 116 cm³/mol. The van der Waals surface area contributed by atoms with Crippen molar-refractivity contribution in [3.63, 3.8) is 0 Å². The van der Waals surface area contributed by atoms with Crippen LogP contribution in [0.5, 0.6) is 0 Å². The van der Waals surface area contributed by atoms with Crippen LogP contribution in [0.2, 0.25) is 5.02 Å². The van der Waals surface area contributed by atoms with Gasteiger partial charge >= 0.3 is 0 Å². The van der Waals surface area contributed by atoms with Gasteiger partial charge in [0, 0.05) is 10.7 Å². The van der Waals surface area contributed by atoms with Gasteiger partial charge in [-0.05, 0) is 44.2 Å². The number of para-hydroxylation sites is 2. The summed E-state index contributed by atoms with van der Waals surface area (Å²) in [5.74, 6) is -0.186. The van der Waals surface area contributed by atoms with E-state index in [1.54, 1.807) is 18.7 Å². The van der Waals surface area contributed by atoms with Gasteiger partial charge in [0.15, 0.2) is 6.54 Å². The molecule has 2 aromatic carbocycles. The van der Waals surface area contributed by atoms with E-state index in [9.17, 15) is 9.59 Å². The number of nitrogens with zero attached hydrogens (tertiary/aromatic N) is 2. The molecular formula is C22H26ClN4O2+. The Labute approximate surface area is 176 Å². The van der Waals surface area contributed by atoms with Crippen molar-refractivity contribution in [1.82, 2.24) is 0 Å². The zero-order valence-corrected chi connectivity index (χ0v) is 17.5. The van der Waals surface area contributed by atoms with Gasteiger partial charge in [0.25, 0.3) is 5.91 Å². The number of carbonyl (C=O) groups excluding carboxylic acids is 2. The van der Waals surface area contributed by atoms with Crippen molar-refractivity contribution in [3.8, 4) is 0 Å². The lowest BCUT2D eigenvalue weighted by Gasteiger charge is -2.42. The van der Waals surface area contributed by atoms with E-state index in [4.69, 9.17) is 11.6 Å². The summed E-state index contributed by atoms with van der Waals surface area (Å²) in [6, 6.07) is 15.3. The van der Waals surface area contributed by atoms with Gasteiger partial charge in [0.05, 0.1) is 37.6 Å². The SMILES string of the molecule is CC1(C)C(=O)Nc2ccccc2N1C(=O)C[NH+]1CCN(c2cccc(Cl)c2)CC1. The molecule has 0 aromatic heterocycles. The Morgan fingerprint density at radius 2 is 1.86 bits per heavy atom. The lowest BCUT2D eigenvalue weighted by molar-refractivity contribution is -0.892. The van der Waals surface area contributed by atoms with Crippen molar-refractivity contribution < 1.29 is 14.5 Å². The van der Waals surface area contributed by atoms with Crippen LogP contribution in [0.15, 0.2) is 48.5 Å². The van der Waals surface area contributed by atoms with E-state index in [0.717, 1.165) is 42.6 Å². The van der Waals surface area contributed by atoms with Gasteiger partial charge in [0.1, 0.15) is 5.54 Å². The highest BCUT2D eigenvalue weighted by atomic mass is 35.5. The number of hydrogen-bond donors (Lipinski definition) is 2. The molecule has 2 aromatic rings. The number of piperazine rings is 1. The lowest BCUT2D eigenvalue weighted by Crippen LogP contribution is -3.16. The molecule has 2 N–H and O–H groups in total. The summed E-state index contributed by atoms with van der Waals surface area (Å²) in [6.45, 7) is 7.41. The first-order valence-corrected chi connectivity index (χ1v) is 10.3. The maximum Gasteiger partial charge on any atom is 0.283 e. The third-order valence-electron chi connectivity index (χ3n) is 5.80. The molecule has 0 saturated carbocycles. The first-order valence-electron chi connectivity index (χ1n) is 9.94. The fraction of sp³-hybridized carbons (Fsp3) is 0.364. The number of fused-ring (bicyclic) bond motifs is 1. The molecular weight excluding hydrogens is 388 g/mol. The zero-order chi connectivity index (χ0) is 20.6. The number of nitrogens with one attached hydrogen (secondary N) is 2. The molecule has 0 bridgehead atoms. The average molecular weight is 414 g/mol. The summed E-state index contributed by atoms with van der Waals surface area (Å²) in [4.78, 5) is 31.1. The summed E-state index contributed by atoms with van der Waals surface area (Å²) >= 11 is 6.11. The van der Waals surface area contributed by atoms with E-state index in [1.807, 2.05) is 42.5 Å². The minimum atomic E-state index is -0.923. The molecule has 6 nitrogen and oxygen atoms in total. The first-order chi connectivity index (χ1) is 13.9. The minimum absolute atomic E-state index is 0.0245. The van der Waals surface area contributed by atoms with Crippen LogP contribution in [0.4, 0.5) is 17.1 Å². The molecule has 2 aliphatic rings. The topological polar surface area (TPSA) is 57.1 Å². The molecule has 29 heavy (non-hydrogen) atoms. The van der Waals surface area contributed by atoms with Gasteiger partial charge in [-0.15, -0.1) is 0 Å². The Morgan fingerprint density at radius 3 is 2.59 bits per heavy atom. The van der Waals surface area contributed by atoms with Crippen LogP contribution in [0.3, 0.4) is 0 Å². The molecule has 0 spiro atoms. The molecule has 2 aliphatic heterocycles. The minimum Gasteiger partial charge on any atom is -0.360 e. The van der Waals surface area contributed by atoms with Gasteiger partial charge < -0.3 is 15.1 Å². The highest BCUT2D eigenvalue weighted by molar-refractivity contribution is 6.30. The second-order valence-corrected chi connectivity index (χ2v) is 8.59. The molecule has 0 aliphatic carbocycles. The van der Waals surface area contributed by atoms with E-state index in [-0.39, 0.29) is 11.8 Å². The maximum atomic E-state index is 13.3. The molecule has 0 atom stereocenters. The van der Waals surface area contributed by atoms with Crippen molar-refractivity contribution in [1.29, 1.82) is 0 Å². The summed E-state index contributed by atoms with van der Waals surface area (Å²) in [5, 5.41) is 3.64. The zero-order valence-electron chi connectivity index (χ0n) is 16.7. The van der Waals surface area contributed by atoms with Gasteiger partial charge in [-0.2, -0.15) is 0 Å². The molecule has 0 unspecified atom stereocenters. The molecule has 1 fully saturated rings. The van der Waals surface area contributed by atoms with Crippen molar-refractivity contribution in [3.05, 3.63) is 53.6 Å². The number of hydrogen-bond acceptors (Lipinski definition) is 3. The normalized spacial score (nSPS) is 18.9. The summed E-state index contributed by atoms with van der Waals surface area (Å²) in [5.41, 5.74) is 1.64. The summed E-state index contributed by atoms with van der Waals surface area (Å²) in [6.07, 6.45) is 0. The second kappa shape index (κ2) is 7.69. The smallest absolute Gasteiger partial charge is 0.283 e. The Balaban J connectivity index is 1.45. The van der Waals surface area contributed by atoms with E-state index >= 15 is 0 Å². The number of quaternary nitrogens is 1. The molecule has 0 radical (unpaired) electrons. The van der Waals surface area contributed by atoms with E-state index in [0.29, 0.717) is 12.2 Å². The Morgan fingerprint density at radius 1 is 1.14 bits per heavy atom. The van der Waals surface area contributed by atoms with Crippen LogP contribution in [0.1, 0.15) is 13.8 Å². The number of anilines is 3. The van der Waals surface area contributed by atoms with Gasteiger partial charge in [-0.1, -0.05) is 29.8 Å². The maximum absolute atomic E-state index is 13.3. The highest BCUT2D eigenvalue weighted by Gasteiger charge is 2.44. The van der Waals surface area contributed by atoms with Gasteiger partial charge in [-0.3, -0.25) is 14.5 Å². The largest absolute Gasteiger partial charge is 0.360 e. The highest BCUT2D eigenvalue weighted by Crippen LogP contribution is 2.36. The molecule has 4 rings (SSSR count). The number of carbonyl (C=O) groups is 2. The summed E-state index contributed by atoms with van der Waals surface area (Å²) in [7, 11) is 0. The average Bonchev–Trinajstić information content (AvgIpc) is 2.69. The molecule has 152 valence electrons. The quantitative estimate of drug-likeness (QED) is 0.806.